The summed E-state index contributed by atoms with van der Waals surface area (Å²) in [7, 11) is 2.08. The first-order valence-corrected chi connectivity index (χ1v) is 7.21. The normalized spacial score (nSPS) is 17.0. The van der Waals surface area contributed by atoms with Crippen LogP contribution in [-0.2, 0) is 6.54 Å². The second-order valence-corrected chi connectivity index (χ2v) is 5.47. The van der Waals surface area contributed by atoms with Crippen LogP contribution in [0.3, 0.4) is 0 Å². The summed E-state index contributed by atoms with van der Waals surface area (Å²) in [6, 6.07) is 5.94. The fourth-order valence-corrected chi connectivity index (χ4v) is 2.30. The van der Waals surface area contributed by atoms with E-state index in [1.54, 1.807) is 12.1 Å². The van der Waals surface area contributed by atoms with Crippen LogP contribution >= 0.6 is 0 Å². The maximum atomic E-state index is 12.8. The Hall–Kier alpha value is -1.88. The molecule has 1 aromatic rings. The molecule has 114 valence electrons. The molecule has 5 heteroatoms. The molecule has 1 aliphatic rings. The van der Waals surface area contributed by atoms with Crippen molar-refractivity contribution >= 4 is 6.03 Å². The summed E-state index contributed by atoms with van der Waals surface area (Å²) < 4.78 is 12.8. The van der Waals surface area contributed by atoms with Gasteiger partial charge in [-0.05, 0) is 43.7 Å². The number of benzene rings is 1. The van der Waals surface area contributed by atoms with Crippen LogP contribution in [-0.4, -0.2) is 37.1 Å². The van der Waals surface area contributed by atoms with Crippen molar-refractivity contribution in [3.63, 3.8) is 0 Å². The molecule has 2 amide bonds. The number of rotatable bonds is 4. The Kier molecular flexibility index (Phi) is 5.33. The maximum Gasteiger partial charge on any atom is 0.315 e. The molecular formula is C16H22FN3O. The van der Waals surface area contributed by atoms with E-state index in [0.29, 0.717) is 6.54 Å². The molecule has 0 bridgehead atoms. The molecule has 4 nitrogen and oxygen atoms in total. The molecule has 0 aliphatic carbocycles. The molecular weight excluding hydrogens is 269 g/mol. The first-order valence-electron chi connectivity index (χ1n) is 7.21. The van der Waals surface area contributed by atoms with E-state index in [4.69, 9.17) is 0 Å². The maximum absolute atomic E-state index is 12.8. The largest absolute Gasteiger partial charge is 0.334 e. The molecule has 2 rings (SSSR count). The zero-order chi connectivity index (χ0) is 15.2. The molecule has 0 saturated carbocycles. The van der Waals surface area contributed by atoms with Crippen molar-refractivity contribution in [2.75, 3.05) is 20.1 Å². The van der Waals surface area contributed by atoms with Gasteiger partial charge in [0.2, 0.25) is 0 Å². The lowest BCUT2D eigenvalue weighted by atomic mass is 10.0. The van der Waals surface area contributed by atoms with E-state index in [-0.39, 0.29) is 17.9 Å². The van der Waals surface area contributed by atoms with E-state index >= 15 is 0 Å². The molecule has 1 aliphatic heterocycles. The Labute approximate surface area is 125 Å². The highest BCUT2D eigenvalue weighted by molar-refractivity contribution is 5.74. The standard InChI is InChI=1S/C16H22FN3O/c1-12(14-7-9-20(2)10-8-14)19-16(21)18-11-13-3-5-15(17)6-4-13/h3-7,12H,8-11H2,1-2H3,(H2,18,19,21). The van der Waals surface area contributed by atoms with Gasteiger partial charge in [0.05, 0.1) is 0 Å². The number of carbonyl (C=O) groups is 1. The summed E-state index contributed by atoms with van der Waals surface area (Å²) in [5, 5.41) is 5.72. The number of hydrogen-bond acceptors (Lipinski definition) is 2. The Balaban J connectivity index is 1.77. The average molecular weight is 291 g/mol. The molecule has 0 fully saturated rings. The van der Waals surface area contributed by atoms with E-state index in [9.17, 15) is 9.18 Å². The quantitative estimate of drug-likeness (QED) is 0.836. The van der Waals surface area contributed by atoms with Crippen LogP contribution < -0.4 is 10.6 Å². The lowest BCUT2D eigenvalue weighted by molar-refractivity contribution is 0.238. The summed E-state index contributed by atoms with van der Waals surface area (Å²) in [6.45, 7) is 4.34. The highest BCUT2D eigenvalue weighted by atomic mass is 19.1. The Morgan fingerprint density at radius 1 is 1.38 bits per heavy atom. The van der Waals surface area contributed by atoms with E-state index in [0.717, 1.165) is 25.1 Å². The second-order valence-electron chi connectivity index (χ2n) is 5.47. The van der Waals surface area contributed by atoms with Gasteiger partial charge in [-0.25, -0.2) is 9.18 Å². The first-order chi connectivity index (χ1) is 10.0. The van der Waals surface area contributed by atoms with Crippen molar-refractivity contribution < 1.29 is 9.18 Å². The van der Waals surface area contributed by atoms with Crippen molar-refractivity contribution in [2.45, 2.75) is 25.9 Å². The molecule has 1 atom stereocenters. The lowest BCUT2D eigenvalue weighted by Gasteiger charge is -2.26. The van der Waals surface area contributed by atoms with E-state index in [1.165, 1.54) is 17.7 Å². The fraction of sp³-hybridized carbons (Fsp3) is 0.438. The van der Waals surface area contributed by atoms with Crippen LogP contribution in [0.15, 0.2) is 35.9 Å². The summed E-state index contributed by atoms with van der Waals surface area (Å²) in [4.78, 5) is 14.1. The lowest BCUT2D eigenvalue weighted by Crippen LogP contribution is -2.42. The Morgan fingerprint density at radius 2 is 2.10 bits per heavy atom. The second kappa shape index (κ2) is 7.22. The zero-order valence-corrected chi connectivity index (χ0v) is 12.5. The van der Waals surface area contributed by atoms with Gasteiger partial charge in [0.15, 0.2) is 0 Å². The highest BCUT2D eigenvalue weighted by Crippen LogP contribution is 2.13. The van der Waals surface area contributed by atoms with E-state index < -0.39 is 0 Å². The van der Waals surface area contributed by atoms with Crippen molar-refractivity contribution in [3.05, 3.63) is 47.3 Å². The molecule has 2 N–H and O–H groups in total. The smallest absolute Gasteiger partial charge is 0.315 e. The predicted octanol–water partition coefficient (Wildman–Crippen LogP) is 2.28. The highest BCUT2D eigenvalue weighted by Gasteiger charge is 2.15. The van der Waals surface area contributed by atoms with Crippen LogP contribution in [0.25, 0.3) is 0 Å². The number of urea groups is 1. The van der Waals surface area contributed by atoms with Gasteiger partial charge in [0, 0.05) is 25.7 Å². The van der Waals surface area contributed by atoms with Gasteiger partial charge in [0.25, 0.3) is 0 Å². The van der Waals surface area contributed by atoms with Crippen LogP contribution in [0.5, 0.6) is 0 Å². The Bertz CT molecular complexity index is 513. The minimum absolute atomic E-state index is 0.0342. The number of hydrogen-bond donors (Lipinski definition) is 2. The molecule has 1 heterocycles. The molecule has 21 heavy (non-hydrogen) atoms. The number of amides is 2. The number of nitrogens with one attached hydrogen (secondary N) is 2. The van der Waals surface area contributed by atoms with Gasteiger partial charge in [0.1, 0.15) is 5.82 Å². The van der Waals surface area contributed by atoms with Gasteiger partial charge in [-0.15, -0.1) is 0 Å². The topological polar surface area (TPSA) is 44.4 Å². The molecule has 0 radical (unpaired) electrons. The van der Waals surface area contributed by atoms with Crippen LogP contribution in [0.2, 0.25) is 0 Å². The van der Waals surface area contributed by atoms with Crippen LogP contribution in [0, 0.1) is 5.82 Å². The van der Waals surface area contributed by atoms with Gasteiger partial charge in [-0.1, -0.05) is 18.2 Å². The molecule has 1 unspecified atom stereocenters. The van der Waals surface area contributed by atoms with Gasteiger partial charge >= 0.3 is 6.03 Å². The van der Waals surface area contributed by atoms with Gasteiger partial charge in [-0.3, -0.25) is 0 Å². The Morgan fingerprint density at radius 3 is 2.71 bits per heavy atom. The van der Waals surface area contributed by atoms with Crippen molar-refractivity contribution in [1.82, 2.24) is 15.5 Å². The van der Waals surface area contributed by atoms with Crippen molar-refractivity contribution in [2.24, 2.45) is 0 Å². The van der Waals surface area contributed by atoms with Crippen molar-refractivity contribution in [1.29, 1.82) is 0 Å². The summed E-state index contributed by atoms with van der Waals surface area (Å²) in [6.07, 6.45) is 3.16. The summed E-state index contributed by atoms with van der Waals surface area (Å²) in [5.41, 5.74) is 2.14. The molecule has 1 aromatic carbocycles. The van der Waals surface area contributed by atoms with Gasteiger partial charge in [-0.2, -0.15) is 0 Å². The summed E-state index contributed by atoms with van der Waals surface area (Å²) >= 11 is 0. The fourth-order valence-electron chi connectivity index (χ4n) is 2.30. The monoisotopic (exact) mass is 291 g/mol. The predicted molar refractivity (Wildman–Crippen MR) is 81.4 cm³/mol. The molecule has 0 aromatic heterocycles. The third kappa shape index (κ3) is 4.86. The van der Waals surface area contributed by atoms with E-state index in [1.807, 2.05) is 6.92 Å². The molecule has 0 spiro atoms. The van der Waals surface area contributed by atoms with Crippen molar-refractivity contribution in [3.8, 4) is 0 Å². The number of likely N-dealkylation sites (N-methyl/N-ethyl adjacent to an activating group) is 1. The number of nitrogens with zero attached hydrogens (tertiary/aromatic N) is 1. The van der Waals surface area contributed by atoms with Gasteiger partial charge < -0.3 is 15.5 Å². The van der Waals surface area contributed by atoms with Crippen LogP contribution in [0.4, 0.5) is 9.18 Å². The number of carbonyl (C=O) groups excluding carboxylic acids is 1. The SMILES string of the molecule is CC(NC(=O)NCc1ccc(F)cc1)C1=CCN(C)CC1. The third-order valence-electron chi connectivity index (χ3n) is 3.72. The molecule has 0 saturated heterocycles. The minimum Gasteiger partial charge on any atom is -0.334 e. The first kappa shape index (κ1) is 15.5. The zero-order valence-electron chi connectivity index (χ0n) is 12.5. The minimum atomic E-state index is -0.272. The van der Waals surface area contributed by atoms with E-state index in [2.05, 4.69) is 28.7 Å². The van der Waals surface area contributed by atoms with Crippen LogP contribution in [0.1, 0.15) is 18.9 Å². The third-order valence-corrected chi connectivity index (χ3v) is 3.72. The number of halogens is 1. The summed E-state index contributed by atoms with van der Waals surface area (Å²) in [5.74, 6) is -0.272. The average Bonchev–Trinajstić information content (AvgIpc) is 2.47.